The van der Waals surface area contributed by atoms with E-state index in [1.54, 1.807) is 0 Å². The predicted molar refractivity (Wildman–Crippen MR) is 145 cm³/mol. The molecule has 0 unspecified atom stereocenters. The Morgan fingerprint density at radius 2 is 0.697 bits per heavy atom. The van der Waals surface area contributed by atoms with E-state index in [9.17, 15) is 0 Å². The number of unbranched alkanes of at least 4 members (excludes halogenated alkanes) is 10. The van der Waals surface area contributed by atoms with Crippen LogP contribution in [0.1, 0.15) is 113 Å². The quantitative estimate of drug-likeness (QED) is 0.183. The molecule has 0 aliphatic heterocycles. The first-order valence-electron chi connectivity index (χ1n) is 14.0. The molecular formula is C32H50O. The SMILES string of the molecule is CCCCCCCCc1ccc(CCOCCc2ccc(CCCCCCCC)cc2)cc1. The maximum absolute atomic E-state index is 5.93. The van der Waals surface area contributed by atoms with Crippen LogP contribution in [0.15, 0.2) is 48.5 Å². The molecule has 0 aromatic heterocycles. The Kier molecular flexibility index (Phi) is 15.7. The second kappa shape index (κ2) is 18.8. The van der Waals surface area contributed by atoms with Crippen LogP contribution in [0.4, 0.5) is 0 Å². The summed E-state index contributed by atoms with van der Waals surface area (Å²) >= 11 is 0. The van der Waals surface area contributed by atoms with Gasteiger partial charge in [-0.25, -0.2) is 0 Å². The van der Waals surface area contributed by atoms with Crippen LogP contribution in [0.2, 0.25) is 0 Å². The van der Waals surface area contributed by atoms with Gasteiger partial charge < -0.3 is 4.74 Å². The van der Waals surface area contributed by atoms with Crippen molar-refractivity contribution in [2.75, 3.05) is 13.2 Å². The fourth-order valence-corrected chi connectivity index (χ4v) is 4.45. The van der Waals surface area contributed by atoms with Gasteiger partial charge in [0.2, 0.25) is 0 Å². The maximum atomic E-state index is 5.93. The molecule has 0 aliphatic rings. The van der Waals surface area contributed by atoms with Crippen LogP contribution in [0, 0.1) is 0 Å². The van der Waals surface area contributed by atoms with Crippen molar-refractivity contribution in [1.82, 2.24) is 0 Å². The van der Waals surface area contributed by atoms with E-state index < -0.39 is 0 Å². The summed E-state index contributed by atoms with van der Waals surface area (Å²) in [4.78, 5) is 0. The topological polar surface area (TPSA) is 9.23 Å². The molecule has 0 saturated heterocycles. The van der Waals surface area contributed by atoms with Crippen molar-refractivity contribution in [1.29, 1.82) is 0 Å². The van der Waals surface area contributed by atoms with E-state index >= 15 is 0 Å². The van der Waals surface area contributed by atoms with Gasteiger partial charge >= 0.3 is 0 Å². The highest BCUT2D eigenvalue weighted by molar-refractivity contribution is 5.23. The molecule has 0 aliphatic carbocycles. The highest BCUT2D eigenvalue weighted by Gasteiger charge is 1.99. The highest BCUT2D eigenvalue weighted by atomic mass is 16.5. The van der Waals surface area contributed by atoms with Crippen LogP contribution in [-0.2, 0) is 30.4 Å². The third-order valence-corrected chi connectivity index (χ3v) is 6.75. The standard InChI is InChI=1S/C32H50O/c1-3-5-7-9-11-13-15-29-17-21-31(22-18-29)25-27-33-28-26-32-23-19-30(20-24-32)16-14-12-10-8-6-4-2/h17-24H,3-16,25-28H2,1-2H3. The Hall–Kier alpha value is -1.60. The second-order valence-corrected chi connectivity index (χ2v) is 9.78. The van der Waals surface area contributed by atoms with Gasteiger partial charge in [-0.2, -0.15) is 0 Å². The molecule has 1 heteroatoms. The van der Waals surface area contributed by atoms with E-state index in [0.29, 0.717) is 0 Å². The third kappa shape index (κ3) is 13.6. The summed E-state index contributed by atoms with van der Waals surface area (Å²) in [5.74, 6) is 0. The normalized spacial score (nSPS) is 11.2. The van der Waals surface area contributed by atoms with Crippen molar-refractivity contribution in [2.45, 2.75) is 117 Å². The second-order valence-electron chi connectivity index (χ2n) is 9.78. The fraction of sp³-hybridized carbons (Fsp3) is 0.625. The average molecular weight is 451 g/mol. The van der Waals surface area contributed by atoms with Crippen LogP contribution in [-0.4, -0.2) is 13.2 Å². The Morgan fingerprint density at radius 1 is 0.394 bits per heavy atom. The molecule has 2 aromatic carbocycles. The molecule has 1 nitrogen and oxygen atoms in total. The molecule has 0 atom stereocenters. The zero-order chi connectivity index (χ0) is 23.4. The number of ether oxygens (including phenoxy) is 1. The minimum absolute atomic E-state index is 0.812. The highest BCUT2D eigenvalue weighted by Crippen LogP contribution is 2.13. The predicted octanol–water partition coefficient (Wildman–Crippen LogP) is 9.29. The number of hydrogen-bond donors (Lipinski definition) is 0. The van der Waals surface area contributed by atoms with Crippen LogP contribution in [0.25, 0.3) is 0 Å². The van der Waals surface area contributed by atoms with Gasteiger partial charge in [0.05, 0.1) is 13.2 Å². The smallest absolute Gasteiger partial charge is 0.0506 e. The molecule has 33 heavy (non-hydrogen) atoms. The van der Waals surface area contributed by atoms with Crippen LogP contribution < -0.4 is 0 Å². The van der Waals surface area contributed by atoms with Crippen molar-refractivity contribution in [3.63, 3.8) is 0 Å². The summed E-state index contributed by atoms with van der Waals surface area (Å²) < 4.78 is 5.93. The summed E-state index contributed by atoms with van der Waals surface area (Å²) in [5.41, 5.74) is 5.74. The average Bonchev–Trinajstić information content (AvgIpc) is 2.85. The zero-order valence-electron chi connectivity index (χ0n) is 21.8. The molecule has 0 saturated carbocycles. The molecule has 2 rings (SSSR count). The summed E-state index contributed by atoms with van der Waals surface area (Å²) in [6, 6.07) is 18.4. The molecule has 0 fully saturated rings. The van der Waals surface area contributed by atoms with Crippen molar-refractivity contribution in [2.24, 2.45) is 0 Å². The monoisotopic (exact) mass is 450 g/mol. The lowest BCUT2D eigenvalue weighted by Crippen LogP contribution is -2.03. The van der Waals surface area contributed by atoms with Crippen LogP contribution in [0.3, 0.4) is 0 Å². The Morgan fingerprint density at radius 3 is 1.06 bits per heavy atom. The number of benzene rings is 2. The van der Waals surface area contributed by atoms with Crippen molar-refractivity contribution in [3.05, 3.63) is 70.8 Å². The lowest BCUT2D eigenvalue weighted by atomic mass is 10.0. The molecule has 0 amide bonds. The minimum atomic E-state index is 0.812. The van der Waals surface area contributed by atoms with Crippen molar-refractivity contribution >= 4 is 0 Å². The molecule has 0 spiro atoms. The summed E-state index contributed by atoms with van der Waals surface area (Å²) in [5, 5.41) is 0. The first-order chi connectivity index (χ1) is 16.3. The van der Waals surface area contributed by atoms with Gasteiger partial charge in [0.25, 0.3) is 0 Å². The maximum Gasteiger partial charge on any atom is 0.0506 e. The van der Waals surface area contributed by atoms with Crippen LogP contribution >= 0.6 is 0 Å². The molecule has 2 aromatic rings. The van der Waals surface area contributed by atoms with E-state index in [1.807, 2.05) is 0 Å². The van der Waals surface area contributed by atoms with E-state index in [2.05, 4.69) is 62.4 Å². The lowest BCUT2D eigenvalue weighted by molar-refractivity contribution is 0.140. The Bertz CT molecular complexity index is 624. The largest absolute Gasteiger partial charge is 0.381 e. The molecule has 0 heterocycles. The van der Waals surface area contributed by atoms with E-state index in [0.717, 1.165) is 26.1 Å². The summed E-state index contributed by atoms with van der Waals surface area (Å²) in [6.45, 7) is 6.19. The van der Waals surface area contributed by atoms with E-state index in [-0.39, 0.29) is 0 Å². The van der Waals surface area contributed by atoms with Crippen molar-refractivity contribution in [3.8, 4) is 0 Å². The van der Waals surface area contributed by atoms with Crippen molar-refractivity contribution < 1.29 is 4.74 Å². The van der Waals surface area contributed by atoms with Gasteiger partial charge in [-0.05, 0) is 60.8 Å². The van der Waals surface area contributed by atoms with E-state index in [4.69, 9.17) is 4.74 Å². The van der Waals surface area contributed by atoms with E-state index in [1.165, 1.54) is 112 Å². The van der Waals surface area contributed by atoms with Crippen LogP contribution in [0.5, 0.6) is 0 Å². The van der Waals surface area contributed by atoms with Gasteiger partial charge in [0.15, 0.2) is 0 Å². The molecule has 0 bridgehead atoms. The summed E-state index contributed by atoms with van der Waals surface area (Å²) in [7, 11) is 0. The zero-order valence-corrected chi connectivity index (χ0v) is 21.8. The first-order valence-corrected chi connectivity index (χ1v) is 14.0. The molecular weight excluding hydrogens is 400 g/mol. The molecule has 184 valence electrons. The number of rotatable bonds is 20. The minimum Gasteiger partial charge on any atom is -0.381 e. The lowest BCUT2D eigenvalue weighted by Gasteiger charge is -2.07. The Labute approximate surface area is 205 Å². The molecule has 0 radical (unpaired) electrons. The fourth-order valence-electron chi connectivity index (χ4n) is 4.45. The molecule has 0 N–H and O–H groups in total. The Balaban J connectivity index is 1.51. The number of aryl methyl sites for hydroxylation is 2. The van der Waals surface area contributed by atoms with Gasteiger partial charge in [-0.15, -0.1) is 0 Å². The third-order valence-electron chi connectivity index (χ3n) is 6.75. The van der Waals surface area contributed by atoms with Gasteiger partial charge in [-0.3, -0.25) is 0 Å². The van der Waals surface area contributed by atoms with Gasteiger partial charge in [-0.1, -0.05) is 127 Å². The summed E-state index contributed by atoms with van der Waals surface area (Å²) in [6.07, 6.45) is 20.9. The number of hydrogen-bond acceptors (Lipinski definition) is 1. The van der Waals surface area contributed by atoms with Gasteiger partial charge in [0, 0.05) is 0 Å². The van der Waals surface area contributed by atoms with Gasteiger partial charge in [0.1, 0.15) is 0 Å². The first kappa shape index (κ1) is 27.6.